The van der Waals surface area contributed by atoms with Crippen molar-refractivity contribution in [2.75, 3.05) is 39.8 Å². The van der Waals surface area contributed by atoms with Crippen molar-refractivity contribution in [2.24, 2.45) is 0 Å². The van der Waals surface area contributed by atoms with Crippen molar-refractivity contribution in [3.05, 3.63) is 0 Å². The van der Waals surface area contributed by atoms with Crippen molar-refractivity contribution in [1.82, 2.24) is 9.80 Å². The van der Waals surface area contributed by atoms with Gasteiger partial charge in [0, 0.05) is 35.8 Å². The fourth-order valence-electron chi connectivity index (χ4n) is 1.90. The second-order valence-corrected chi connectivity index (χ2v) is 3.86. The molecule has 0 aromatic rings. The van der Waals surface area contributed by atoms with Crippen LogP contribution in [0.1, 0.15) is 17.0 Å². The van der Waals surface area contributed by atoms with E-state index in [1.54, 1.807) is 0 Å². The van der Waals surface area contributed by atoms with E-state index in [2.05, 4.69) is 4.90 Å². The molecule has 1 N–H and O–H groups in total. The maximum atomic E-state index is 9.27. The molecule has 1 aliphatic carbocycles. The summed E-state index contributed by atoms with van der Waals surface area (Å²) in [5.41, 5.74) is 0.000825. The zero-order chi connectivity index (χ0) is 11.1. The normalized spacial score (nSPS) is 35.2. The van der Waals surface area contributed by atoms with Gasteiger partial charge in [-0.2, -0.15) is 0 Å². The van der Waals surface area contributed by atoms with Crippen LogP contribution in [-0.2, 0) is 0 Å². The zero-order valence-corrected chi connectivity index (χ0v) is 7.29. The first-order valence-electron chi connectivity index (χ1n) is 6.09. The average Bonchev–Trinajstić information content (AvgIpc) is 2.97. The van der Waals surface area contributed by atoms with E-state index < -0.39 is 6.98 Å². The first-order chi connectivity index (χ1) is 6.98. The van der Waals surface area contributed by atoms with Crippen LogP contribution in [0.4, 0.5) is 0 Å². The molecule has 0 bridgehead atoms. The molecule has 12 heavy (non-hydrogen) atoms. The second-order valence-electron chi connectivity index (χ2n) is 3.86. The van der Waals surface area contributed by atoms with Crippen LogP contribution < -0.4 is 0 Å². The highest BCUT2D eigenvalue weighted by molar-refractivity contribution is 5.04. The average molecular weight is 173 g/mol. The van der Waals surface area contributed by atoms with Gasteiger partial charge >= 0.3 is 0 Å². The number of piperazine rings is 1. The van der Waals surface area contributed by atoms with E-state index in [-0.39, 0.29) is 12.1 Å². The van der Waals surface area contributed by atoms with E-state index in [0.29, 0.717) is 13.1 Å². The predicted molar refractivity (Wildman–Crippen MR) is 48.1 cm³/mol. The van der Waals surface area contributed by atoms with Crippen LogP contribution >= 0.6 is 0 Å². The van der Waals surface area contributed by atoms with Crippen LogP contribution in [-0.4, -0.2) is 60.2 Å². The van der Waals surface area contributed by atoms with Gasteiger partial charge in [-0.1, -0.05) is 0 Å². The smallest absolute Gasteiger partial charge is 0.0615 e. The van der Waals surface area contributed by atoms with E-state index in [9.17, 15) is 5.11 Å². The van der Waals surface area contributed by atoms with Gasteiger partial charge in [0.15, 0.2) is 0 Å². The SMILES string of the molecule is [2H]C([2H])([2H])N1CCN(C2(CO)CC2)CC1. The lowest BCUT2D eigenvalue weighted by atomic mass is 10.2. The lowest BCUT2D eigenvalue weighted by Gasteiger charge is -2.37. The number of aliphatic hydroxyl groups excluding tert-OH is 1. The molecule has 2 aliphatic rings. The Balaban J connectivity index is 1.87. The molecule has 1 saturated heterocycles. The molecule has 0 unspecified atom stereocenters. The van der Waals surface area contributed by atoms with E-state index in [0.717, 1.165) is 25.9 Å². The molecular weight excluding hydrogens is 152 g/mol. The maximum absolute atomic E-state index is 9.27. The quantitative estimate of drug-likeness (QED) is 0.624. The summed E-state index contributed by atoms with van der Waals surface area (Å²) in [4.78, 5) is 3.78. The Hall–Kier alpha value is -0.120. The minimum Gasteiger partial charge on any atom is -0.394 e. The third-order valence-electron chi connectivity index (χ3n) is 3.07. The summed E-state index contributed by atoms with van der Waals surface area (Å²) in [5, 5.41) is 9.27. The lowest BCUT2D eigenvalue weighted by molar-refractivity contribution is 0.0608. The van der Waals surface area contributed by atoms with Gasteiger partial charge < -0.3 is 10.0 Å². The van der Waals surface area contributed by atoms with Gasteiger partial charge in [-0.05, 0) is 19.8 Å². The summed E-state index contributed by atoms with van der Waals surface area (Å²) in [6.45, 7) is 0.942. The van der Waals surface area contributed by atoms with Crippen molar-refractivity contribution in [1.29, 1.82) is 0 Å². The molecule has 1 aliphatic heterocycles. The van der Waals surface area contributed by atoms with Gasteiger partial charge in [-0.15, -0.1) is 0 Å². The van der Waals surface area contributed by atoms with Crippen LogP contribution in [0.5, 0.6) is 0 Å². The van der Waals surface area contributed by atoms with Crippen LogP contribution in [0.2, 0.25) is 0 Å². The molecule has 3 nitrogen and oxygen atoms in total. The Bertz CT molecular complexity index is 232. The van der Waals surface area contributed by atoms with E-state index in [1.807, 2.05) is 0 Å². The molecule has 2 fully saturated rings. The standard InChI is InChI=1S/C9H18N2O/c1-10-4-6-11(7-5-10)9(8-12)2-3-9/h12H,2-8H2,1H3/i1D3. The third kappa shape index (κ3) is 1.37. The van der Waals surface area contributed by atoms with E-state index in [4.69, 9.17) is 4.11 Å². The number of rotatable bonds is 2. The summed E-state index contributed by atoms with van der Waals surface area (Å²) in [6, 6.07) is 0. The van der Waals surface area contributed by atoms with E-state index >= 15 is 0 Å². The Morgan fingerprint density at radius 1 is 1.33 bits per heavy atom. The largest absolute Gasteiger partial charge is 0.394 e. The molecule has 1 heterocycles. The molecule has 0 radical (unpaired) electrons. The Morgan fingerprint density at radius 2 is 2.00 bits per heavy atom. The summed E-state index contributed by atoms with van der Waals surface area (Å²) < 4.78 is 21.9. The Labute approximate surface area is 78.2 Å². The predicted octanol–water partition coefficient (Wildman–Crippen LogP) is -0.241. The number of nitrogens with zero attached hydrogens (tertiary/aromatic N) is 2. The van der Waals surface area contributed by atoms with Crippen molar-refractivity contribution in [2.45, 2.75) is 18.4 Å². The molecule has 2 rings (SSSR count). The van der Waals surface area contributed by atoms with Gasteiger partial charge in [0.2, 0.25) is 0 Å². The summed E-state index contributed by atoms with van der Waals surface area (Å²) in [5.74, 6) is 0. The van der Waals surface area contributed by atoms with Crippen LogP contribution in [0.3, 0.4) is 0 Å². The van der Waals surface area contributed by atoms with Crippen molar-refractivity contribution >= 4 is 0 Å². The van der Waals surface area contributed by atoms with Crippen LogP contribution in [0.15, 0.2) is 0 Å². The number of aliphatic hydroxyl groups is 1. The molecule has 0 aromatic heterocycles. The number of hydrogen-bond donors (Lipinski definition) is 1. The summed E-state index contributed by atoms with van der Waals surface area (Å²) in [7, 11) is 0. The van der Waals surface area contributed by atoms with Gasteiger partial charge in [-0.3, -0.25) is 4.90 Å². The molecule has 70 valence electrons. The molecule has 3 heteroatoms. The Kier molecular flexibility index (Phi) is 1.38. The van der Waals surface area contributed by atoms with Gasteiger partial charge in [-0.25, -0.2) is 0 Å². The van der Waals surface area contributed by atoms with Crippen molar-refractivity contribution in [3.8, 4) is 0 Å². The summed E-state index contributed by atoms with van der Waals surface area (Å²) >= 11 is 0. The minimum atomic E-state index is -1.96. The number of hydrogen-bond acceptors (Lipinski definition) is 3. The summed E-state index contributed by atoms with van der Waals surface area (Å²) in [6.07, 6.45) is 2.11. The fraction of sp³-hybridized carbons (Fsp3) is 1.00. The fourth-order valence-corrected chi connectivity index (χ4v) is 1.90. The highest BCUT2D eigenvalue weighted by atomic mass is 16.3. The highest BCUT2D eigenvalue weighted by Gasteiger charge is 2.47. The molecule has 0 aromatic carbocycles. The first-order valence-corrected chi connectivity index (χ1v) is 4.59. The van der Waals surface area contributed by atoms with Crippen LogP contribution in [0.25, 0.3) is 0 Å². The molecule has 0 spiro atoms. The second kappa shape index (κ2) is 2.98. The molecule has 1 saturated carbocycles. The third-order valence-corrected chi connectivity index (χ3v) is 3.07. The monoisotopic (exact) mass is 173 g/mol. The van der Waals surface area contributed by atoms with Crippen LogP contribution in [0, 0.1) is 0 Å². The zero-order valence-electron chi connectivity index (χ0n) is 10.3. The Morgan fingerprint density at radius 3 is 2.42 bits per heavy atom. The topological polar surface area (TPSA) is 26.7 Å². The number of likely N-dealkylation sites (N-methyl/N-ethyl adjacent to an activating group) is 1. The molecular formula is C9H18N2O. The maximum Gasteiger partial charge on any atom is 0.0615 e. The van der Waals surface area contributed by atoms with Crippen molar-refractivity contribution in [3.63, 3.8) is 0 Å². The van der Waals surface area contributed by atoms with Gasteiger partial charge in [0.25, 0.3) is 0 Å². The highest BCUT2D eigenvalue weighted by Crippen LogP contribution is 2.41. The van der Waals surface area contributed by atoms with E-state index in [1.165, 1.54) is 4.90 Å². The van der Waals surface area contributed by atoms with Crippen molar-refractivity contribution < 1.29 is 9.22 Å². The molecule has 0 amide bonds. The van der Waals surface area contributed by atoms with Gasteiger partial charge in [0.1, 0.15) is 0 Å². The minimum absolute atomic E-state index is 0.000825. The first kappa shape index (κ1) is 5.58. The lowest BCUT2D eigenvalue weighted by Crippen LogP contribution is -2.51. The van der Waals surface area contributed by atoms with Gasteiger partial charge in [0.05, 0.1) is 6.61 Å². The molecule has 0 atom stereocenters.